The average Bonchev–Trinajstić information content (AvgIpc) is 3.23. The van der Waals surface area contributed by atoms with E-state index in [1.54, 1.807) is 0 Å². The van der Waals surface area contributed by atoms with Crippen LogP contribution in [0, 0.1) is 5.41 Å². The smallest absolute Gasteiger partial charge is 0.227 e. The second-order valence-corrected chi connectivity index (χ2v) is 8.77. The normalized spacial score (nSPS) is 24.8. The fourth-order valence-electron chi connectivity index (χ4n) is 4.40. The van der Waals surface area contributed by atoms with E-state index in [0.717, 1.165) is 51.5 Å². The summed E-state index contributed by atoms with van der Waals surface area (Å²) in [5, 5.41) is 7.26. The van der Waals surface area contributed by atoms with Gasteiger partial charge in [0.2, 0.25) is 17.7 Å². The quantitative estimate of drug-likeness (QED) is 0.716. The molecule has 1 aromatic rings. The third-order valence-corrected chi connectivity index (χ3v) is 6.22. The molecule has 1 unspecified atom stereocenters. The number of nitrogens with one attached hydrogen (secondary N) is 1. The van der Waals surface area contributed by atoms with Crippen molar-refractivity contribution in [3.8, 4) is 0 Å². The molecule has 8 heteroatoms. The van der Waals surface area contributed by atoms with Gasteiger partial charge in [-0.25, -0.2) is 0 Å². The first-order valence-electron chi connectivity index (χ1n) is 10.5. The predicted octanol–water partition coefficient (Wildman–Crippen LogP) is 1.89. The molecule has 28 heavy (non-hydrogen) atoms. The number of hydrogen-bond acceptors (Lipinski definition) is 6. The number of carbonyl (C=O) groups is 2. The summed E-state index contributed by atoms with van der Waals surface area (Å²) < 4.78 is 5.44. The molecule has 0 radical (unpaired) electrons. The molecule has 8 nitrogen and oxygen atoms in total. The van der Waals surface area contributed by atoms with E-state index in [0.29, 0.717) is 37.6 Å². The molecule has 1 aliphatic carbocycles. The molecule has 1 atom stereocenters. The monoisotopic (exact) mass is 391 g/mol. The van der Waals surface area contributed by atoms with E-state index in [4.69, 9.17) is 10.3 Å². The van der Waals surface area contributed by atoms with Crippen LogP contribution in [0.1, 0.15) is 76.9 Å². The maximum atomic E-state index is 12.5. The third-order valence-electron chi connectivity index (χ3n) is 6.22. The molecule has 2 amide bonds. The largest absolute Gasteiger partial charge is 0.343 e. The van der Waals surface area contributed by atoms with Crippen LogP contribution >= 0.6 is 0 Å². The summed E-state index contributed by atoms with van der Waals surface area (Å²) in [6.45, 7) is 5.71. The van der Waals surface area contributed by atoms with Crippen LogP contribution in [0.4, 0.5) is 0 Å². The zero-order chi connectivity index (χ0) is 20.2. The highest BCUT2D eigenvalue weighted by atomic mass is 16.5. The van der Waals surface area contributed by atoms with Crippen molar-refractivity contribution in [3.63, 3.8) is 0 Å². The van der Waals surface area contributed by atoms with Crippen LogP contribution in [0.3, 0.4) is 0 Å². The van der Waals surface area contributed by atoms with E-state index in [9.17, 15) is 9.59 Å². The Morgan fingerprint density at radius 2 is 1.93 bits per heavy atom. The molecule has 1 aliphatic heterocycles. The lowest BCUT2D eigenvalue weighted by Crippen LogP contribution is -2.45. The summed E-state index contributed by atoms with van der Waals surface area (Å²) in [6, 6.07) is 0. The Morgan fingerprint density at radius 1 is 1.21 bits per heavy atom. The molecule has 2 heterocycles. The Morgan fingerprint density at radius 3 is 2.54 bits per heavy atom. The highest BCUT2D eigenvalue weighted by Crippen LogP contribution is 2.35. The number of aryl methyl sites for hydroxylation is 1. The number of nitrogens with two attached hydrogens (primary N) is 1. The van der Waals surface area contributed by atoms with E-state index >= 15 is 0 Å². The molecule has 2 fully saturated rings. The van der Waals surface area contributed by atoms with Gasteiger partial charge < -0.3 is 20.5 Å². The second kappa shape index (κ2) is 8.59. The Hall–Kier alpha value is -1.96. The minimum atomic E-state index is -0.550. The molecule has 2 aliphatic rings. The number of nitrogens with zero attached hydrogens (tertiary/aromatic N) is 3. The first-order valence-corrected chi connectivity index (χ1v) is 10.5. The van der Waals surface area contributed by atoms with Crippen molar-refractivity contribution >= 4 is 11.8 Å². The standard InChI is InChI=1S/C20H33N5O3/c1-15(26)23-20(9-5-3-4-6-10-20)18-22-16(28-24-18)7-8-17(27)25-12-11-19(2,13-21)14-25/h3-14,21H2,1-2H3,(H,23,26). The number of hydrogen-bond donors (Lipinski definition) is 2. The third kappa shape index (κ3) is 4.71. The van der Waals surface area contributed by atoms with E-state index in [1.807, 2.05) is 4.90 Å². The van der Waals surface area contributed by atoms with Crippen molar-refractivity contribution < 1.29 is 14.1 Å². The second-order valence-electron chi connectivity index (χ2n) is 8.77. The van der Waals surface area contributed by atoms with Gasteiger partial charge in [-0.05, 0) is 31.2 Å². The van der Waals surface area contributed by atoms with Crippen molar-refractivity contribution in [2.24, 2.45) is 11.1 Å². The molecule has 3 N–H and O–H groups in total. The highest BCUT2D eigenvalue weighted by Gasteiger charge is 2.38. The molecular weight excluding hydrogens is 358 g/mol. The van der Waals surface area contributed by atoms with E-state index in [-0.39, 0.29) is 17.2 Å². The lowest BCUT2D eigenvalue weighted by atomic mass is 9.89. The van der Waals surface area contributed by atoms with Gasteiger partial charge in [0.05, 0.1) is 0 Å². The van der Waals surface area contributed by atoms with E-state index in [2.05, 4.69) is 22.4 Å². The molecule has 1 aromatic heterocycles. The van der Waals surface area contributed by atoms with Crippen molar-refractivity contribution in [1.82, 2.24) is 20.4 Å². The lowest BCUT2D eigenvalue weighted by Gasteiger charge is -2.30. The van der Waals surface area contributed by atoms with Crippen LogP contribution in [0.15, 0.2) is 4.52 Å². The summed E-state index contributed by atoms with van der Waals surface area (Å²) in [4.78, 5) is 30.8. The van der Waals surface area contributed by atoms with Crippen molar-refractivity contribution in [2.45, 2.75) is 77.2 Å². The van der Waals surface area contributed by atoms with Crippen LogP contribution in [0.2, 0.25) is 0 Å². The van der Waals surface area contributed by atoms with Crippen molar-refractivity contribution in [2.75, 3.05) is 19.6 Å². The van der Waals surface area contributed by atoms with Crippen LogP contribution in [-0.4, -0.2) is 46.5 Å². The number of carbonyl (C=O) groups excluding carboxylic acids is 2. The van der Waals surface area contributed by atoms with Gasteiger partial charge in [0.15, 0.2) is 5.82 Å². The number of likely N-dealkylation sites (tertiary alicyclic amines) is 1. The van der Waals surface area contributed by atoms with Crippen molar-refractivity contribution in [1.29, 1.82) is 0 Å². The highest BCUT2D eigenvalue weighted by molar-refractivity contribution is 5.76. The van der Waals surface area contributed by atoms with Gasteiger partial charge in [0, 0.05) is 32.9 Å². The molecule has 1 saturated heterocycles. The summed E-state index contributed by atoms with van der Waals surface area (Å²) in [6.07, 6.45) is 7.68. The Balaban J connectivity index is 1.62. The van der Waals surface area contributed by atoms with Crippen LogP contribution in [0.25, 0.3) is 0 Å². The van der Waals surface area contributed by atoms with Crippen LogP contribution < -0.4 is 11.1 Å². The zero-order valence-corrected chi connectivity index (χ0v) is 17.1. The number of amides is 2. The van der Waals surface area contributed by atoms with Gasteiger partial charge in [0.1, 0.15) is 5.54 Å². The van der Waals surface area contributed by atoms with Crippen molar-refractivity contribution in [3.05, 3.63) is 11.7 Å². The minimum absolute atomic E-state index is 0.0253. The lowest BCUT2D eigenvalue weighted by molar-refractivity contribution is -0.130. The van der Waals surface area contributed by atoms with Gasteiger partial charge in [-0.2, -0.15) is 4.98 Å². The first-order chi connectivity index (χ1) is 13.4. The Bertz CT molecular complexity index is 696. The SMILES string of the molecule is CC(=O)NC1(c2noc(CCC(=O)N3CCC(C)(CN)C3)n2)CCCCCC1. The molecule has 0 spiro atoms. The average molecular weight is 392 g/mol. The van der Waals surface area contributed by atoms with E-state index < -0.39 is 5.54 Å². The fraction of sp³-hybridized carbons (Fsp3) is 0.800. The van der Waals surface area contributed by atoms with Gasteiger partial charge in [-0.1, -0.05) is 37.8 Å². The summed E-state index contributed by atoms with van der Waals surface area (Å²) in [5.41, 5.74) is 5.30. The fourth-order valence-corrected chi connectivity index (χ4v) is 4.40. The summed E-state index contributed by atoms with van der Waals surface area (Å²) in [5.74, 6) is 1.02. The van der Waals surface area contributed by atoms with Gasteiger partial charge in [0.25, 0.3) is 0 Å². The molecule has 3 rings (SSSR count). The van der Waals surface area contributed by atoms with Crippen LogP contribution in [-0.2, 0) is 21.5 Å². The molecule has 1 saturated carbocycles. The van der Waals surface area contributed by atoms with Gasteiger partial charge in [-0.15, -0.1) is 0 Å². The minimum Gasteiger partial charge on any atom is -0.343 e. The Kier molecular flexibility index (Phi) is 6.37. The zero-order valence-electron chi connectivity index (χ0n) is 17.1. The van der Waals surface area contributed by atoms with Crippen LogP contribution in [0.5, 0.6) is 0 Å². The molecule has 0 bridgehead atoms. The molecule has 0 aromatic carbocycles. The Labute approximate surface area is 166 Å². The van der Waals surface area contributed by atoms with Gasteiger partial charge in [-0.3, -0.25) is 9.59 Å². The van der Waals surface area contributed by atoms with E-state index in [1.165, 1.54) is 6.92 Å². The first kappa shape index (κ1) is 20.8. The number of aromatic nitrogens is 2. The maximum absolute atomic E-state index is 12.5. The number of rotatable bonds is 6. The predicted molar refractivity (Wildman–Crippen MR) is 104 cm³/mol. The van der Waals surface area contributed by atoms with Gasteiger partial charge >= 0.3 is 0 Å². The summed E-state index contributed by atoms with van der Waals surface area (Å²) in [7, 11) is 0. The molecule has 156 valence electrons. The maximum Gasteiger partial charge on any atom is 0.227 e. The topological polar surface area (TPSA) is 114 Å². The summed E-state index contributed by atoms with van der Waals surface area (Å²) >= 11 is 0. The molecular formula is C20H33N5O3.